The highest BCUT2D eigenvalue weighted by molar-refractivity contribution is 6.05. The Balaban J connectivity index is 1.47. The number of nitrogens with zero attached hydrogens (tertiary/aromatic N) is 2. The summed E-state index contributed by atoms with van der Waals surface area (Å²) in [5.74, 6) is 1.74. The zero-order valence-electron chi connectivity index (χ0n) is 14.5. The molecule has 0 bridgehead atoms. The van der Waals surface area contributed by atoms with Crippen molar-refractivity contribution >= 4 is 22.5 Å². The molecule has 0 radical (unpaired) electrons. The first-order chi connectivity index (χ1) is 13.2. The molecule has 0 saturated carbocycles. The number of aromatic nitrogens is 2. The minimum atomic E-state index is -0.279. The van der Waals surface area contributed by atoms with Crippen LogP contribution in [0.3, 0.4) is 0 Å². The van der Waals surface area contributed by atoms with Crippen LogP contribution in [-0.4, -0.2) is 22.3 Å². The summed E-state index contributed by atoms with van der Waals surface area (Å²) in [5.41, 5.74) is 1.63. The van der Waals surface area contributed by atoms with Gasteiger partial charge in [-0.25, -0.2) is 4.98 Å². The Labute approximate surface area is 154 Å². The number of benzene rings is 2. The molecule has 0 unspecified atom stereocenters. The van der Waals surface area contributed by atoms with Gasteiger partial charge in [0.05, 0.1) is 10.9 Å². The zero-order chi connectivity index (χ0) is 18.4. The van der Waals surface area contributed by atoms with E-state index in [0.29, 0.717) is 40.2 Å². The van der Waals surface area contributed by atoms with Gasteiger partial charge < -0.3 is 14.8 Å². The summed E-state index contributed by atoms with van der Waals surface area (Å²) < 4.78 is 12.3. The molecule has 0 aliphatic carbocycles. The Kier molecular flexibility index (Phi) is 3.60. The molecule has 0 spiro atoms. The molecule has 0 atom stereocenters. The van der Waals surface area contributed by atoms with E-state index >= 15 is 0 Å². The highest BCUT2D eigenvalue weighted by Crippen LogP contribution is 2.32. The summed E-state index contributed by atoms with van der Waals surface area (Å²) >= 11 is 0. The van der Waals surface area contributed by atoms with Crippen LogP contribution in [-0.2, 0) is 13.0 Å². The summed E-state index contributed by atoms with van der Waals surface area (Å²) in [5, 5.41) is 3.36. The molecule has 7 nitrogen and oxygen atoms in total. The normalized spacial score (nSPS) is 14.8. The van der Waals surface area contributed by atoms with Crippen LogP contribution in [0.5, 0.6) is 11.5 Å². The van der Waals surface area contributed by atoms with Crippen molar-refractivity contribution in [1.29, 1.82) is 0 Å². The molecule has 1 N–H and O–H groups in total. The van der Waals surface area contributed by atoms with E-state index in [1.807, 2.05) is 0 Å². The SMILES string of the molecule is O=C(Nc1ccc2nc3n(c(=O)c2c1)CCCC3)c1ccc2c(c1)OCO2. The average molecular weight is 363 g/mol. The van der Waals surface area contributed by atoms with Gasteiger partial charge in [-0.05, 0) is 49.2 Å². The Morgan fingerprint density at radius 3 is 2.89 bits per heavy atom. The van der Waals surface area contributed by atoms with Gasteiger partial charge in [-0.3, -0.25) is 14.2 Å². The molecule has 0 saturated heterocycles. The third-order valence-electron chi connectivity index (χ3n) is 4.96. The lowest BCUT2D eigenvalue weighted by Crippen LogP contribution is -2.28. The Hall–Kier alpha value is -3.35. The van der Waals surface area contributed by atoms with Crippen LogP contribution in [0.4, 0.5) is 5.69 Å². The lowest BCUT2D eigenvalue weighted by molar-refractivity contribution is 0.102. The van der Waals surface area contributed by atoms with Crippen molar-refractivity contribution in [2.45, 2.75) is 25.8 Å². The largest absolute Gasteiger partial charge is 0.454 e. The van der Waals surface area contributed by atoms with Gasteiger partial charge in [-0.1, -0.05) is 0 Å². The quantitative estimate of drug-likeness (QED) is 0.757. The number of carbonyl (C=O) groups excluding carboxylic acids is 1. The molecule has 3 heterocycles. The number of amides is 1. The molecule has 0 fully saturated rings. The third-order valence-corrected chi connectivity index (χ3v) is 4.96. The number of rotatable bonds is 2. The lowest BCUT2D eigenvalue weighted by atomic mass is 10.1. The summed E-state index contributed by atoms with van der Waals surface area (Å²) in [6.07, 6.45) is 2.87. The van der Waals surface area contributed by atoms with E-state index in [-0.39, 0.29) is 18.3 Å². The highest BCUT2D eigenvalue weighted by Gasteiger charge is 2.18. The van der Waals surface area contributed by atoms with Gasteiger partial charge in [0.1, 0.15) is 5.82 Å². The third kappa shape index (κ3) is 2.71. The molecule has 136 valence electrons. The van der Waals surface area contributed by atoms with Gasteiger partial charge >= 0.3 is 0 Å². The second kappa shape index (κ2) is 6.12. The second-order valence-electron chi connectivity index (χ2n) is 6.70. The smallest absolute Gasteiger partial charge is 0.261 e. The van der Waals surface area contributed by atoms with Crippen molar-refractivity contribution < 1.29 is 14.3 Å². The predicted octanol–water partition coefficient (Wildman–Crippen LogP) is 2.71. The summed E-state index contributed by atoms with van der Waals surface area (Å²) in [6, 6.07) is 10.3. The van der Waals surface area contributed by atoms with Crippen molar-refractivity contribution in [2.75, 3.05) is 12.1 Å². The Morgan fingerprint density at radius 1 is 1.07 bits per heavy atom. The molecule has 1 amide bonds. The van der Waals surface area contributed by atoms with Crippen LogP contribution in [0, 0.1) is 0 Å². The van der Waals surface area contributed by atoms with Crippen LogP contribution >= 0.6 is 0 Å². The Morgan fingerprint density at radius 2 is 1.96 bits per heavy atom. The monoisotopic (exact) mass is 363 g/mol. The van der Waals surface area contributed by atoms with Crippen molar-refractivity contribution in [1.82, 2.24) is 9.55 Å². The summed E-state index contributed by atoms with van der Waals surface area (Å²) in [7, 11) is 0. The summed E-state index contributed by atoms with van der Waals surface area (Å²) in [4.78, 5) is 30.0. The van der Waals surface area contributed by atoms with E-state index < -0.39 is 0 Å². The maximum atomic E-state index is 12.8. The van der Waals surface area contributed by atoms with Gasteiger partial charge in [0.15, 0.2) is 11.5 Å². The Bertz CT molecular complexity index is 1140. The minimum Gasteiger partial charge on any atom is -0.454 e. The van der Waals surface area contributed by atoms with E-state index in [9.17, 15) is 9.59 Å². The van der Waals surface area contributed by atoms with Crippen molar-refractivity contribution in [3.05, 3.63) is 58.1 Å². The lowest BCUT2D eigenvalue weighted by Gasteiger charge is -2.18. The molecular formula is C20H17N3O4. The van der Waals surface area contributed by atoms with E-state index in [4.69, 9.17) is 9.47 Å². The molecule has 2 aliphatic rings. The van der Waals surface area contributed by atoms with Crippen LogP contribution in [0.15, 0.2) is 41.2 Å². The number of aryl methyl sites for hydroxylation is 1. The topological polar surface area (TPSA) is 82.5 Å². The van der Waals surface area contributed by atoms with Gasteiger partial charge in [-0.2, -0.15) is 0 Å². The van der Waals surface area contributed by atoms with E-state index in [1.165, 1.54) is 0 Å². The molecule has 7 heteroatoms. The molecular weight excluding hydrogens is 346 g/mol. The molecule has 2 aromatic carbocycles. The summed E-state index contributed by atoms with van der Waals surface area (Å²) in [6.45, 7) is 0.858. The van der Waals surface area contributed by atoms with Crippen LogP contribution in [0.1, 0.15) is 29.0 Å². The molecule has 5 rings (SSSR count). The zero-order valence-corrected chi connectivity index (χ0v) is 14.5. The maximum Gasteiger partial charge on any atom is 0.261 e. The van der Waals surface area contributed by atoms with Crippen molar-refractivity contribution in [3.8, 4) is 11.5 Å². The first-order valence-corrected chi connectivity index (χ1v) is 8.93. The number of nitrogens with one attached hydrogen (secondary N) is 1. The molecule has 2 aliphatic heterocycles. The standard InChI is InChI=1S/C20H17N3O4/c24-19(12-4-7-16-17(9-12)27-11-26-16)21-13-5-6-15-14(10-13)20(25)23-8-2-1-3-18(23)22-15/h4-7,9-10H,1-3,8,11H2,(H,21,24). The average Bonchev–Trinajstić information content (AvgIpc) is 3.16. The fraction of sp³-hybridized carbons (Fsp3) is 0.250. The second-order valence-corrected chi connectivity index (χ2v) is 6.70. The first-order valence-electron chi connectivity index (χ1n) is 8.93. The van der Waals surface area contributed by atoms with Gasteiger partial charge in [0, 0.05) is 24.2 Å². The molecule has 3 aromatic rings. The number of fused-ring (bicyclic) bond motifs is 3. The van der Waals surface area contributed by atoms with Crippen LogP contribution in [0.2, 0.25) is 0 Å². The van der Waals surface area contributed by atoms with Crippen molar-refractivity contribution in [3.63, 3.8) is 0 Å². The van der Waals surface area contributed by atoms with Gasteiger partial charge in [-0.15, -0.1) is 0 Å². The van der Waals surface area contributed by atoms with Crippen LogP contribution < -0.4 is 20.3 Å². The molecule has 1 aromatic heterocycles. The number of carbonyl (C=O) groups is 1. The number of hydrogen-bond donors (Lipinski definition) is 1. The number of ether oxygens (including phenoxy) is 2. The minimum absolute atomic E-state index is 0.0473. The van der Waals surface area contributed by atoms with E-state index in [0.717, 1.165) is 25.1 Å². The number of hydrogen-bond acceptors (Lipinski definition) is 5. The fourth-order valence-corrected chi connectivity index (χ4v) is 3.56. The van der Waals surface area contributed by atoms with Gasteiger partial charge in [0.2, 0.25) is 6.79 Å². The van der Waals surface area contributed by atoms with Gasteiger partial charge in [0.25, 0.3) is 11.5 Å². The predicted molar refractivity (Wildman–Crippen MR) is 99.5 cm³/mol. The molecule has 27 heavy (non-hydrogen) atoms. The fourth-order valence-electron chi connectivity index (χ4n) is 3.56. The van der Waals surface area contributed by atoms with Crippen molar-refractivity contribution in [2.24, 2.45) is 0 Å². The van der Waals surface area contributed by atoms with E-state index in [2.05, 4.69) is 10.3 Å². The highest BCUT2D eigenvalue weighted by atomic mass is 16.7. The first kappa shape index (κ1) is 15.9. The van der Waals surface area contributed by atoms with Crippen LogP contribution in [0.25, 0.3) is 10.9 Å². The maximum absolute atomic E-state index is 12.8. The number of anilines is 1. The van der Waals surface area contributed by atoms with E-state index in [1.54, 1.807) is 41.0 Å².